The highest BCUT2D eigenvalue weighted by Crippen LogP contribution is 2.25. The van der Waals surface area contributed by atoms with Crippen molar-refractivity contribution in [1.29, 1.82) is 0 Å². The Morgan fingerprint density at radius 1 is 1.30 bits per heavy atom. The van der Waals surface area contributed by atoms with E-state index in [-0.39, 0.29) is 24.2 Å². The van der Waals surface area contributed by atoms with E-state index in [0.717, 1.165) is 18.7 Å². The number of carbonyl (C=O) groups excluding carboxylic acids is 1. The first-order chi connectivity index (χ1) is 11.0. The van der Waals surface area contributed by atoms with Gasteiger partial charge in [0.05, 0.1) is 0 Å². The normalized spacial score (nSPS) is 21.4. The third-order valence-corrected chi connectivity index (χ3v) is 4.94. The Morgan fingerprint density at radius 3 is 2.57 bits per heavy atom. The van der Waals surface area contributed by atoms with Crippen LogP contribution in [0.4, 0.5) is 0 Å². The standard InChI is InChI=1S/C16H29N5O2/c1-4-20(5-2)15(22)11-21-16(23)19(3)14(18-21)10-12-8-6-7-9-13(12)17/h12-13H,4-11,17H2,1-3H3/t12-,13-/m1/s1. The molecule has 1 saturated carbocycles. The van der Waals surface area contributed by atoms with Crippen LogP contribution in [-0.4, -0.2) is 44.3 Å². The molecule has 7 nitrogen and oxygen atoms in total. The van der Waals surface area contributed by atoms with E-state index < -0.39 is 0 Å². The fourth-order valence-corrected chi connectivity index (χ4v) is 3.34. The molecule has 0 aromatic carbocycles. The Balaban J connectivity index is 2.11. The van der Waals surface area contributed by atoms with E-state index in [1.54, 1.807) is 16.5 Å². The zero-order valence-electron chi connectivity index (χ0n) is 14.5. The highest BCUT2D eigenvalue weighted by Gasteiger charge is 2.25. The molecule has 2 rings (SSSR count). The van der Waals surface area contributed by atoms with Gasteiger partial charge >= 0.3 is 5.69 Å². The van der Waals surface area contributed by atoms with E-state index in [2.05, 4.69) is 5.10 Å². The number of rotatable bonds is 6. The van der Waals surface area contributed by atoms with Crippen molar-refractivity contribution in [1.82, 2.24) is 19.2 Å². The number of amides is 1. The second-order valence-electron chi connectivity index (χ2n) is 6.39. The van der Waals surface area contributed by atoms with Crippen molar-refractivity contribution in [2.75, 3.05) is 13.1 Å². The Morgan fingerprint density at radius 2 is 1.96 bits per heavy atom. The summed E-state index contributed by atoms with van der Waals surface area (Å²) in [5.41, 5.74) is 5.96. The molecule has 0 aliphatic heterocycles. The van der Waals surface area contributed by atoms with Crippen molar-refractivity contribution in [2.45, 2.75) is 58.5 Å². The Hall–Kier alpha value is -1.63. The van der Waals surface area contributed by atoms with Crippen LogP contribution in [0.3, 0.4) is 0 Å². The van der Waals surface area contributed by atoms with Gasteiger partial charge in [0.1, 0.15) is 12.4 Å². The predicted octanol–water partition coefficient (Wildman–Crippen LogP) is 0.510. The van der Waals surface area contributed by atoms with Crippen LogP contribution >= 0.6 is 0 Å². The molecule has 2 atom stereocenters. The quantitative estimate of drug-likeness (QED) is 0.826. The number of hydrogen-bond donors (Lipinski definition) is 1. The molecule has 130 valence electrons. The number of likely N-dealkylation sites (N-methyl/N-ethyl adjacent to an activating group) is 1. The van der Waals surface area contributed by atoms with Gasteiger partial charge in [-0.15, -0.1) is 0 Å². The van der Waals surface area contributed by atoms with Crippen LogP contribution in [-0.2, 0) is 24.8 Å². The van der Waals surface area contributed by atoms with Crippen molar-refractivity contribution >= 4 is 5.91 Å². The highest BCUT2D eigenvalue weighted by atomic mass is 16.2. The minimum absolute atomic E-state index is 0.00503. The van der Waals surface area contributed by atoms with Gasteiger partial charge in [0, 0.05) is 32.6 Å². The molecule has 1 aliphatic rings. The van der Waals surface area contributed by atoms with Crippen LogP contribution in [0.5, 0.6) is 0 Å². The minimum Gasteiger partial charge on any atom is -0.342 e. The lowest BCUT2D eigenvalue weighted by Crippen LogP contribution is -2.36. The first kappa shape index (κ1) is 17.7. The van der Waals surface area contributed by atoms with Crippen LogP contribution in [0, 0.1) is 5.92 Å². The Labute approximate surface area is 137 Å². The molecule has 1 fully saturated rings. The van der Waals surface area contributed by atoms with Crippen molar-refractivity contribution in [3.8, 4) is 0 Å². The van der Waals surface area contributed by atoms with Crippen molar-refractivity contribution in [2.24, 2.45) is 18.7 Å². The number of aromatic nitrogens is 3. The maximum atomic E-state index is 12.3. The minimum atomic E-state index is -0.232. The van der Waals surface area contributed by atoms with E-state index in [1.165, 1.54) is 17.5 Å². The molecule has 0 spiro atoms. The van der Waals surface area contributed by atoms with Gasteiger partial charge in [-0.1, -0.05) is 12.8 Å². The van der Waals surface area contributed by atoms with Gasteiger partial charge in [0.25, 0.3) is 0 Å². The third kappa shape index (κ3) is 4.02. The van der Waals surface area contributed by atoms with Gasteiger partial charge in [-0.25, -0.2) is 9.48 Å². The van der Waals surface area contributed by atoms with Crippen LogP contribution in [0.2, 0.25) is 0 Å². The lowest BCUT2D eigenvalue weighted by Gasteiger charge is -2.27. The van der Waals surface area contributed by atoms with Crippen molar-refractivity contribution < 1.29 is 4.79 Å². The SMILES string of the molecule is CCN(CC)C(=O)Cn1nc(C[C@H]2CCCC[C@H]2N)n(C)c1=O. The zero-order valence-corrected chi connectivity index (χ0v) is 14.5. The summed E-state index contributed by atoms with van der Waals surface area (Å²) in [6.45, 7) is 5.14. The molecule has 7 heteroatoms. The predicted molar refractivity (Wildman–Crippen MR) is 89.0 cm³/mol. The fourth-order valence-electron chi connectivity index (χ4n) is 3.34. The second kappa shape index (κ2) is 7.77. The van der Waals surface area contributed by atoms with E-state index in [1.807, 2.05) is 13.8 Å². The van der Waals surface area contributed by atoms with Gasteiger partial charge in [-0.3, -0.25) is 9.36 Å². The van der Waals surface area contributed by atoms with Crippen molar-refractivity contribution in [3.63, 3.8) is 0 Å². The van der Waals surface area contributed by atoms with Crippen LogP contribution < -0.4 is 11.4 Å². The molecule has 0 unspecified atom stereocenters. The average Bonchev–Trinajstić information content (AvgIpc) is 2.79. The molecule has 1 aromatic rings. The third-order valence-electron chi connectivity index (χ3n) is 4.94. The van der Waals surface area contributed by atoms with Crippen molar-refractivity contribution in [3.05, 3.63) is 16.3 Å². The lowest BCUT2D eigenvalue weighted by atomic mass is 9.83. The van der Waals surface area contributed by atoms with Crippen LogP contribution in [0.15, 0.2) is 4.79 Å². The summed E-state index contributed by atoms with van der Waals surface area (Å²) in [5.74, 6) is 1.02. The zero-order chi connectivity index (χ0) is 17.0. The summed E-state index contributed by atoms with van der Waals surface area (Å²) in [5, 5.41) is 4.39. The molecule has 0 bridgehead atoms. The smallest absolute Gasteiger partial charge is 0.342 e. The highest BCUT2D eigenvalue weighted by molar-refractivity contribution is 5.75. The molecule has 0 saturated heterocycles. The van der Waals surface area contributed by atoms with Crippen LogP contribution in [0.1, 0.15) is 45.4 Å². The Kier molecular flexibility index (Phi) is 5.98. The summed E-state index contributed by atoms with van der Waals surface area (Å²) < 4.78 is 2.83. The molecule has 1 amide bonds. The summed E-state index contributed by atoms with van der Waals surface area (Å²) in [7, 11) is 1.72. The summed E-state index contributed by atoms with van der Waals surface area (Å²) in [6.07, 6.45) is 5.20. The maximum absolute atomic E-state index is 12.3. The van der Waals surface area contributed by atoms with E-state index in [9.17, 15) is 9.59 Å². The number of hydrogen-bond acceptors (Lipinski definition) is 4. The monoisotopic (exact) mass is 323 g/mol. The fraction of sp³-hybridized carbons (Fsp3) is 0.812. The number of nitrogens with two attached hydrogens (primary N) is 1. The molecule has 1 heterocycles. The maximum Gasteiger partial charge on any atom is 0.346 e. The lowest BCUT2D eigenvalue weighted by molar-refractivity contribution is -0.131. The molecule has 1 aliphatic carbocycles. The van der Waals surface area contributed by atoms with E-state index in [4.69, 9.17) is 5.73 Å². The van der Waals surface area contributed by atoms with Gasteiger partial charge in [-0.2, -0.15) is 5.10 Å². The molecule has 2 N–H and O–H groups in total. The van der Waals surface area contributed by atoms with Gasteiger partial charge in [0.2, 0.25) is 5.91 Å². The molecule has 1 aromatic heterocycles. The molecule has 0 radical (unpaired) electrons. The van der Waals surface area contributed by atoms with Crippen LogP contribution in [0.25, 0.3) is 0 Å². The largest absolute Gasteiger partial charge is 0.346 e. The second-order valence-corrected chi connectivity index (χ2v) is 6.39. The van der Waals surface area contributed by atoms with Gasteiger partial charge in [0.15, 0.2) is 0 Å². The topological polar surface area (TPSA) is 86.2 Å². The number of carbonyl (C=O) groups is 1. The first-order valence-electron chi connectivity index (χ1n) is 8.63. The first-order valence-corrected chi connectivity index (χ1v) is 8.63. The molecular formula is C16H29N5O2. The average molecular weight is 323 g/mol. The molecular weight excluding hydrogens is 294 g/mol. The van der Waals surface area contributed by atoms with E-state index in [0.29, 0.717) is 25.4 Å². The van der Waals surface area contributed by atoms with E-state index >= 15 is 0 Å². The molecule has 23 heavy (non-hydrogen) atoms. The summed E-state index contributed by atoms with van der Waals surface area (Å²) in [6, 6.07) is 0.182. The Bertz CT molecular complexity index is 588. The van der Waals surface area contributed by atoms with Gasteiger partial charge < -0.3 is 10.6 Å². The number of nitrogens with zero attached hydrogens (tertiary/aromatic N) is 4. The summed E-state index contributed by atoms with van der Waals surface area (Å²) in [4.78, 5) is 26.2. The summed E-state index contributed by atoms with van der Waals surface area (Å²) >= 11 is 0. The van der Waals surface area contributed by atoms with Gasteiger partial charge in [-0.05, 0) is 32.6 Å².